The summed E-state index contributed by atoms with van der Waals surface area (Å²) in [5.41, 5.74) is 6.68. The van der Waals surface area contributed by atoms with Gasteiger partial charge >= 0.3 is 0 Å². The third kappa shape index (κ3) is 3.28. The first-order chi connectivity index (χ1) is 11.1. The number of nitrogens with two attached hydrogens (primary N) is 1. The lowest BCUT2D eigenvalue weighted by Gasteiger charge is -2.38. The lowest BCUT2D eigenvalue weighted by molar-refractivity contribution is -0.0446. The van der Waals surface area contributed by atoms with E-state index in [0.29, 0.717) is 23.6 Å². The molecule has 23 heavy (non-hydrogen) atoms. The van der Waals surface area contributed by atoms with Crippen molar-refractivity contribution in [1.29, 1.82) is 0 Å². The van der Waals surface area contributed by atoms with Gasteiger partial charge in [0.05, 0.1) is 29.2 Å². The third-order valence-corrected chi connectivity index (χ3v) is 4.83. The first-order valence-corrected chi connectivity index (χ1v) is 8.30. The van der Waals surface area contributed by atoms with Gasteiger partial charge in [-0.15, -0.1) is 11.3 Å². The molecule has 2 heterocycles. The van der Waals surface area contributed by atoms with Crippen molar-refractivity contribution in [3.63, 3.8) is 0 Å². The van der Waals surface area contributed by atoms with Crippen molar-refractivity contribution in [2.75, 3.05) is 13.2 Å². The summed E-state index contributed by atoms with van der Waals surface area (Å²) in [6.07, 6.45) is -0.0190. The number of thiophene rings is 1. The van der Waals surface area contributed by atoms with Crippen molar-refractivity contribution < 1.29 is 14.3 Å². The molecule has 0 bridgehead atoms. The molecule has 2 aromatic rings. The molecule has 2 N–H and O–H groups in total. The van der Waals surface area contributed by atoms with Crippen LogP contribution in [-0.2, 0) is 4.74 Å². The maximum atomic E-state index is 12.9. The number of morpholine rings is 1. The Labute approximate surface area is 138 Å². The molecule has 1 aliphatic heterocycles. The number of primary amides is 1. The molecule has 1 aliphatic rings. The third-order valence-electron chi connectivity index (χ3n) is 3.91. The summed E-state index contributed by atoms with van der Waals surface area (Å²) in [6, 6.07) is 11.3. The van der Waals surface area contributed by atoms with Crippen LogP contribution < -0.4 is 5.73 Å². The van der Waals surface area contributed by atoms with Gasteiger partial charge in [0.1, 0.15) is 0 Å². The minimum atomic E-state index is -0.518. The smallest absolute Gasteiger partial charge is 0.264 e. The number of ether oxygens (including phenoxy) is 1. The zero-order valence-corrected chi connectivity index (χ0v) is 13.6. The highest BCUT2D eigenvalue weighted by Gasteiger charge is 2.32. The summed E-state index contributed by atoms with van der Waals surface area (Å²) in [6.45, 7) is 2.93. The van der Waals surface area contributed by atoms with E-state index in [2.05, 4.69) is 0 Å². The Morgan fingerprint density at radius 2 is 2.04 bits per heavy atom. The van der Waals surface area contributed by atoms with Crippen LogP contribution in [0.15, 0.2) is 41.8 Å². The number of carbonyl (C=O) groups is 2. The van der Waals surface area contributed by atoms with E-state index in [1.165, 1.54) is 11.3 Å². The van der Waals surface area contributed by atoms with Crippen molar-refractivity contribution in [2.24, 2.45) is 5.73 Å². The molecule has 5 nitrogen and oxygen atoms in total. The fourth-order valence-corrected chi connectivity index (χ4v) is 3.55. The lowest BCUT2D eigenvalue weighted by atomic mass is 10.0. The zero-order chi connectivity index (χ0) is 16.4. The summed E-state index contributed by atoms with van der Waals surface area (Å²) in [7, 11) is 0. The number of carbonyl (C=O) groups excluding carboxylic acids is 2. The number of nitrogens with zero attached hydrogens (tertiary/aromatic N) is 1. The quantitative estimate of drug-likeness (QED) is 0.939. The molecule has 0 radical (unpaired) electrons. The topological polar surface area (TPSA) is 72.6 Å². The highest BCUT2D eigenvalue weighted by molar-refractivity contribution is 7.12. The molecule has 1 aromatic heterocycles. The van der Waals surface area contributed by atoms with Crippen molar-refractivity contribution in [2.45, 2.75) is 19.1 Å². The van der Waals surface area contributed by atoms with Gasteiger partial charge in [-0.1, -0.05) is 30.3 Å². The van der Waals surface area contributed by atoms with Crippen LogP contribution in [0.2, 0.25) is 0 Å². The molecule has 2 atom stereocenters. The maximum Gasteiger partial charge on any atom is 0.264 e. The monoisotopic (exact) mass is 330 g/mol. The average molecular weight is 330 g/mol. The Kier molecular flexibility index (Phi) is 4.45. The van der Waals surface area contributed by atoms with Gasteiger partial charge < -0.3 is 15.4 Å². The van der Waals surface area contributed by atoms with Gasteiger partial charge in [-0.3, -0.25) is 9.59 Å². The molecule has 0 saturated carbocycles. The minimum absolute atomic E-state index is 0.0190. The van der Waals surface area contributed by atoms with Gasteiger partial charge in [0.25, 0.3) is 5.91 Å². The summed E-state index contributed by atoms with van der Waals surface area (Å²) < 4.78 is 5.74. The Bertz CT molecular complexity index is 714. The summed E-state index contributed by atoms with van der Waals surface area (Å²) in [4.78, 5) is 26.5. The molecular formula is C17H18N2O3S. The molecule has 1 saturated heterocycles. The maximum absolute atomic E-state index is 12.9. The highest BCUT2D eigenvalue weighted by atomic mass is 32.1. The van der Waals surface area contributed by atoms with Gasteiger partial charge in [-0.05, 0) is 18.6 Å². The van der Waals surface area contributed by atoms with Gasteiger partial charge in [0.15, 0.2) is 0 Å². The van der Waals surface area contributed by atoms with Gasteiger partial charge in [-0.25, -0.2) is 0 Å². The molecule has 3 rings (SSSR count). The molecule has 0 spiro atoms. The largest absolute Gasteiger partial charge is 0.374 e. The van der Waals surface area contributed by atoms with Crippen LogP contribution in [-0.4, -0.2) is 36.0 Å². The van der Waals surface area contributed by atoms with Crippen LogP contribution in [0.1, 0.15) is 38.6 Å². The van der Waals surface area contributed by atoms with Crippen molar-refractivity contribution in [1.82, 2.24) is 4.90 Å². The Balaban J connectivity index is 1.89. The van der Waals surface area contributed by atoms with Crippen molar-refractivity contribution in [3.8, 4) is 0 Å². The first kappa shape index (κ1) is 15.7. The van der Waals surface area contributed by atoms with E-state index in [1.54, 1.807) is 11.4 Å². The van der Waals surface area contributed by atoms with E-state index in [9.17, 15) is 9.59 Å². The second-order valence-corrected chi connectivity index (χ2v) is 6.50. The van der Waals surface area contributed by atoms with Crippen LogP contribution in [0, 0.1) is 0 Å². The molecule has 0 aliphatic carbocycles. The molecular weight excluding hydrogens is 312 g/mol. The van der Waals surface area contributed by atoms with Crippen molar-refractivity contribution in [3.05, 3.63) is 57.8 Å². The van der Waals surface area contributed by atoms with E-state index in [4.69, 9.17) is 10.5 Å². The molecule has 1 aromatic carbocycles. The fraction of sp³-hybridized carbons (Fsp3) is 0.294. The molecule has 2 amide bonds. The second-order valence-electron chi connectivity index (χ2n) is 5.59. The van der Waals surface area contributed by atoms with E-state index in [1.807, 2.05) is 42.2 Å². The van der Waals surface area contributed by atoms with E-state index >= 15 is 0 Å². The summed E-state index contributed by atoms with van der Waals surface area (Å²) >= 11 is 1.25. The van der Waals surface area contributed by atoms with Crippen LogP contribution in [0.4, 0.5) is 0 Å². The van der Waals surface area contributed by atoms with Crippen LogP contribution in [0.3, 0.4) is 0 Å². The minimum Gasteiger partial charge on any atom is -0.374 e. The Hall–Kier alpha value is -2.18. The number of hydrogen-bond donors (Lipinski definition) is 1. The predicted molar refractivity (Wildman–Crippen MR) is 88.5 cm³/mol. The Morgan fingerprint density at radius 1 is 1.30 bits per heavy atom. The molecule has 1 fully saturated rings. The SMILES string of the molecule is C[C@H]1CN(C(=O)c2cc(C(N)=O)cs2)[C@@H](c2ccccc2)CO1. The average Bonchev–Trinajstić information content (AvgIpc) is 3.05. The van der Waals surface area contributed by atoms with E-state index < -0.39 is 5.91 Å². The number of amides is 2. The standard InChI is InChI=1S/C17H18N2O3S/c1-11-8-19(14(9-22-11)12-5-3-2-4-6-12)17(21)15-7-13(10-23-15)16(18)20/h2-7,10-11,14H,8-9H2,1H3,(H2,18,20)/t11-,14+/m0/s1. The normalized spacial score (nSPS) is 21.2. The van der Waals surface area contributed by atoms with E-state index in [-0.39, 0.29) is 18.1 Å². The first-order valence-electron chi connectivity index (χ1n) is 7.42. The van der Waals surface area contributed by atoms with Gasteiger partial charge in [0, 0.05) is 11.9 Å². The zero-order valence-electron chi connectivity index (χ0n) is 12.8. The lowest BCUT2D eigenvalue weighted by Crippen LogP contribution is -2.46. The highest BCUT2D eigenvalue weighted by Crippen LogP contribution is 2.29. The number of benzene rings is 1. The summed E-state index contributed by atoms with van der Waals surface area (Å²) in [5.74, 6) is -0.609. The van der Waals surface area contributed by atoms with Crippen molar-refractivity contribution >= 4 is 23.2 Å². The van der Waals surface area contributed by atoms with Crippen LogP contribution in [0.25, 0.3) is 0 Å². The van der Waals surface area contributed by atoms with Gasteiger partial charge in [-0.2, -0.15) is 0 Å². The van der Waals surface area contributed by atoms with E-state index in [0.717, 1.165) is 5.56 Å². The van der Waals surface area contributed by atoms with Crippen LogP contribution in [0.5, 0.6) is 0 Å². The Morgan fingerprint density at radius 3 is 2.70 bits per heavy atom. The molecule has 120 valence electrons. The second kappa shape index (κ2) is 6.52. The van der Waals surface area contributed by atoms with Gasteiger partial charge in [0.2, 0.25) is 5.91 Å². The van der Waals surface area contributed by atoms with Crippen LogP contribution >= 0.6 is 11.3 Å². The molecule has 6 heteroatoms. The number of rotatable bonds is 3. The fourth-order valence-electron chi connectivity index (χ4n) is 2.70. The number of hydrogen-bond acceptors (Lipinski definition) is 4. The summed E-state index contributed by atoms with van der Waals surface area (Å²) in [5, 5.41) is 1.62. The molecule has 0 unspecified atom stereocenters. The predicted octanol–water partition coefficient (Wildman–Crippen LogP) is 2.45.